The summed E-state index contributed by atoms with van der Waals surface area (Å²) in [5, 5.41) is 22.0. The maximum atomic E-state index is 13.2. The number of aryl methyl sites for hydroxylation is 1. The highest BCUT2D eigenvalue weighted by molar-refractivity contribution is 5.81. The molecule has 0 bridgehead atoms. The fourth-order valence-electron chi connectivity index (χ4n) is 5.27. The Morgan fingerprint density at radius 1 is 1.24 bits per heavy atom. The van der Waals surface area contributed by atoms with Crippen molar-refractivity contribution >= 4 is 28.8 Å². The molecule has 4 atom stereocenters. The fraction of sp³-hybridized carbons (Fsp3) is 0.520. The van der Waals surface area contributed by atoms with Crippen LogP contribution < -0.4 is 5.73 Å². The van der Waals surface area contributed by atoms with E-state index in [4.69, 9.17) is 19.9 Å². The van der Waals surface area contributed by atoms with Gasteiger partial charge in [-0.25, -0.2) is 19.7 Å². The third-order valence-corrected chi connectivity index (χ3v) is 8.29. The van der Waals surface area contributed by atoms with Crippen LogP contribution in [0.15, 0.2) is 30.9 Å². The average Bonchev–Trinajstić information content (AvgIpc) is 3.33. The molecule has 1 aromatic carbocycles. The predicted octanol–water partition coefficient (Wildman–Crippen LogP) is 3.78. The fourth-order valence-corrected chi connectivity index (χ4v) is 5.27. The van der Waals surface area contributed by atoms with E-state index >= 15 is 0 Å². The van der Waals surface area contributed by atoms with E-state index < -0.39 is 46.1 Å². The number of hydrogen-bond donors (Lipinski definition) is 2. The van der Waals surface area contributed by atoms with Crippen LogP contribution in [0.4, 0.5) is 16.3 Å². The van der Waals surface area contributed by atoms with Gasteiger partial charge in [-0.2, -0.15) is 0 Å². The molecule has 1 fully saturated rings. The van der Waals surface area contributed by atoms with Gasteiger partial charge in [0.15, 0.2) is 22.8 Å². The van der Waals surface area contributed by atoms with E-state index in [0.29, 0.717) is 11.2 Å². The van der Waals surface area contributed by atoms with Crippen molar-refractivity contribution in [3.63, 3.8) is 0 Å². The van der Waals surface area contributed by atoms with Crippen molar-refractivity contribution < 1.29 is 29.0 Å². The molecule has 3 N–H and O–H groups in total. The topological polar surface area (TPSA) is 178 Å². The molecule has 13 heteroatoms. The number of carbonyl (C=O) groups excluding carboxylic acids is 1. The van der Waals surface area contributed by atoms with E-state index in [9.17, 15) is 20.0 Å². The zero-order chi connectivity index (χ0) is 28.3. The second kappa shape index (κ2) is 8.88. The van der Waals surface area contributed by atoms with Crippen molar-refractivity contribution in [3.05, 3.63) is 52.1 Å². The van der Waals surface area contributed by atoms with Crippen LogP contribution >= 0.6 is 0 Å². The number of aliphatic hydroxyl groups excluding tert-OH is 1. The number of rotatable bonds is 6. The maximum Gasteiger partial charge on any atom is 0.509 e. The van der Waals surface area contributed by atoms with Gasteiger partial charge in [0.25, 0.3) is 5.69 Å². The Morgan fingerprint density at radius 3 is 2.55 bits per heavy atom. The Bertz CT molecular complexity index is 1420. The number of benzene rings is 1. The first-order valence-corrected chi connectivity index (χ1v) is 12.0. The lowest BCUT2D eigenvalue weighted by atomic mass is 9.65. The molecule has 3 aromatic rings. The first-order chi connectivity index (χ1) is 17.6. The van der Waals surface area contributed by atoms with Crippen LogP contribution in [0, 0.1) is 22.5 Å². The number of nitrogens with zero attached hydrogens (tertiary/aromatic N) is 5. The van der Waals surface area contributed by atoms with Crippen molar-refractivity contribution in [2.24, 2.45) is 5.41 Å². The summed E-state index contributed by atoms with van der Waals surface area (Å²) in [4.78, 5) is 36.8. The highest BCUT2D eigenvalue weighted by Crippen LogP contribution is 2.61. The molecule has 0 radical (unpaired) electrons. The monoisotopic (exact) mass is 528 g/mol. The lowest BCUT2D eigenvalue weighted by Crippen LogP contribution is -2.59. The molecule has 204 valence electrons. The zero-order valence-electron chi connectivity index (χ0n) is 22.4. The van der Waals surface area contributed by atoms with Gasteiger partial charge in [0, 0.05) is 6.07 Å². The number of fused-ring (bicyclic) bond motifs is 1. The minimum absolute atomic E-state index is 0.173. The molecule has 0 aliphatic carbocycles. The number of nitro benzene ring substituents is 1. The minimum Gasteiger partial charge on any atom is -0.426 e. The predicted molar refractivity (Wildman–Crippen MR) is 136 cm³/mol. The zero-order valence-corrected chi connectivity index (χ0v) is 22.4. The molecule has 4 rings (SSSR count). The van der Waals surface area contributed by atoms with E-state index in [1.165, 1.54) is 25.6 Å². The van der Waals surface area contributed by atoms with Crippen molar-refractivity contribution in [1.29, 1.82) is 0 Å². The quantitative estimate of drug-likeness (QED) is 0.270. The van der Waals surface area contributed by atoms with Gasteiger partial charge in [-0.15, -0.1) is 0 Å². The van der Waals surface area contributed by atoms with Gasteiger partial charge in [-0.1, -0.05) is 25.5 Å². The number of aliphatic hydroxyl groups is 1. The van der Waals surface area contributed by atoms with Gasteiger partial charge < -0.3 is 25.1 Å². The molecular weight excluding hydrogens is 496 g/mol. The summed E-state index contributed by atoms with van der Waals surface area (Å²) in [6.07, 6.45) is 0.767. The summed E-state index contributed by atoms with van der Waals surface area (Å²) in [6.45, 7) is 11.5. The van der Waals surface area contributed by atoms with Crippen LogP contribution in [-0.4, -0.2) is 53.5 Å². The molecule has 1 aliphatic rings. The third kappa shape index (κ3) is 3.76. The molecule has 1 aliphatic heterocycles. The molecule has 0 saturated carbocycles. The minimum atomic E-state index is -1.46. The van der Waals surface area contributed by atoms with Crippen molar-refractivity contribution in [3.8, 4) is 0 Å². The molecule has 2 aromatic heterocycles. The first kappa shape index (κ1) is 27.2. The number of hydrogen-bond acceptors (Lipinski definition) is 11. The van der Waals surface area contributed by atoms with Crippen LogP contribution in [0.5, 0.6) is 0 Å². The van der Waals surface area contributed by atoms with Gasteiger partial charge in [0.1, 0.15) is 23.5 Å². The third-order valence-electron chi connectivity index (χ3n) is 8.29. The van der Waals surface area contributed by atoms with Crippen molar-refractivity contribution in [2.75, 3.05) is 12.3 Å². The van der Waals surface area contributed by atoms with E-state index in [1.807, 2.05) is 13.8 Å². The molecule has 3 heterocycles. The molecule has 0 spiro atoms. The number of nitrogen functional groups attached to an aromatic ring is 1. The second-order valence-electron chi connectivity index (χ2n) is 10.6. The van der Waals surface area contributed by atoms with E-state index in [1.54, 1.807) is 44.4 Å². The van der Waals surface area contributed by atoms with Crippen LogP contribution in [0.1, 0.15) is 58.8 Å². The van der Waals surface area contributed by atoms with Crippen molar-refractivity contribution in [2.45, 2.75) is 71.5 Å². The normalized spacial score (nSPS) is 27.3. The van der Waals surface area contributed by atoms with Crippen LogP contribution in [0.2, 0.25) is 0 Å². The van der Waals surface area contributed by atoms with Gasteiger partial charge in [0.05, 0.1) is 28.8 Å². The maximum absolute atomic E-state index is 13.2. The Labute approximate surface area is 219 Å². The smallest absolute Gasteiger partial charge is 0.426 e. The number of carbonyl (C=O) groups is 1. The summed E-state index contributed by atoms with van der Waals surface area (Å²) in [6, 6.07) is 4.57. The van der Waals surface area contributed by atoms with Gasteiger partial charge >= 0.3 is 6.16 Å². The lowest BCUT2D eigenvalue weighted by molar-refractivity contribution is -0.386. The van der Waals surface area contributed by atoms with E-state index in [-0.39, 0.29) is 17.1 Å². The number of imidazole rings is 1. The van der Waals surface area contributed by atoms with Crippen molar-refractivity contribution in [1.82, 2.24) is 19.5 Å². The van der Waals surface area contributed by atoms with Gasteiger partial charge in [-0.3, -0.25) is 14.7 Å². The van der Waals surface area contributed by atoms with Crippen LogP contribution in [0.3, 0.4) is 0 Å². The largest absolute Gasteiger partial charge is 0.509 e. The van der Waals surface area contributed by atoms with Gasteiger partial charge in [0.2, 0.25) is 0 Å². The van der Waals surface area contributed by atoms with Gasteiger partial charge in [-0.05, 0) is 40.7 Å². The number of nitrogens with two attached hydrogens (primary N) is 1. The molecule has 38 heavy (non-hydrogen) atoms. The second-order valence-corrected chi connectivity index (χ2v) is 10.6. The van der Waals surface area contributed by atoms with E-state index in [2.05, 4.69) is 15.0 Å². The Morgan fingerprint density at radius 2 is 1.92 bits per heavy atom. The summed E-state index contributed by atoms with van der Waals surface area (Å²) in [7, 11) is 0. The number of nitro groups is 1. The number of ether oxygens (including phenoxy) is 3. The molecular formula is C25H32N6O7. The standard InChI is InChI=1S/C25H32N6O7/c1-14-8-9-17(31(34)35)16(10-14)15(2)36-21(33)37-24(6)22(3,4)25(7,38-23(24,5)11-32)30-13-29-18-19(26)27-12-28-20(18)30/h8-10,12-13,15,32H,11H2,1-7H3,(H2,26,27,28)/t15?,23-,24?,25-/m1/s1. The summed E-state index contributed by atoms with van der Waals surface area (Å²) < 4.78 is 19.7. The van der Waals surface area contributed by atoms with Crippen LogP contribution in [-0.2, 0) is 19.9 Å². The van der Waals surface area contributed by atoms with E-state index in [0.717, 1.165) is 5.56 Å². The molecule has 0 amide bonds. The summed E-state index contributed by atoms with van der Waals surface area (Å²) >= 11 is 0. The number of anilines is 1. The highest BCUT2D eigenvalue weighted by atomic mass is 16.7. The SMILES string of the molecule is Cc1ccc([N+](=O)[O-])c(C(C)OC(=O)OC2(C)C(C)(C)[C@](C)(n3cnc4c(N)ncnc43)O[C@]2(C)CO)c1. The Hall–Kier alpha value is -3.84. The Kier molecular flexibility index (Phi) is 6.35. The summed E-state index contributed by atoms with van der Waals surface area (Å²) in [5.74, 6) is 0.194. The first-order valence-electron chi connectivity index (χ1n) is 12.0. The average molecular weight is 529 g/mol. The van der Waals surface area contributed by atoms with Crippen LogP contribution in [0.25, 0.3) is 11.2 Å². The molecule has 2 unspecified atom stereocenters. The summed E-state index contributed by atoms with van der Waals surface area (Å²) in [5.41, 5.74) is 2.45. The number of aromatic nitrogens is 4. The molecule has 1 saturated heterocycles. The Balaban J connectivity index is 1.70. The molecule has 13 nitrogen and oxygen atoms in total. The lowest BCUT2D eigenvalue weighted by Gasteiger charge is -2.46. The highest BCUT2D eigenvalue weighted by Gasteiger charge is 2.73.